The first-order valence-electron chi connectivity index (χ1n) is 9.70. The van der Waals surface area contributed by atoms with Crippen LogP contribution in [0.25, 0.3) is 27.5 Å². The number of halogens is 1. The second kappa shape index (κ2) is 7.04. The SMILES string of the molecule is O=C(NC1CCCC1)c1ccc2ncc3c(=O)n(-c4ccc(Cl)cc4)[nH]c3c2c1. The average Bonchev–Trinajstić information content (AvgIpc) is 3.36. The highest BCUT2D eigenvalue weighted by atomic mass is 35.5. The van der Waals surface area contributed by atoms with Gasteiger partial charge < -0.3 is 5.32 Å². The minimum atomic E-state index is -0.197. The summed E-state index contributed by atoms with van der Waals surface area (Å²) >= 11 is 5.96. The highest BCUT2D eigenvalue weighted by molar-refractivity contribution is 6.30. The van der Waals surface area contributed by atoms with Crippen molar-refractivity contribution in [1.29, 1.82) is 0 Å². The van der Waals surface area contributed by atoms with Gasteiger partial charge in [-0.3, -0.25) is 19.7 Å². The van der Waals surface area contributed by atoms with Crippen molar-refractivity contribution < 1.29 is 4.79 Å². The number of nitrogens with zero attached hydrogens (tertiary/aromatic N) is 2. The van der Waals surface area contributed by atoms with Crippen LogP contribution < -0.4 is 10.9 Å². The summed E-state index contributed by atoms with van der Waals surface area (Å²) in [4.78, 5) is 30.0. The molecule has 2 aromatic carbocycles. The van der Waals surface area contributed by atoms with Gasteiger partial charge in [-0.2, -0.15) is 0 Å². The molecule has 29 heavy (non-hydrogen) atoms. The van der Waals surface area contributed by atoms with Crippen LogP contribution >= 0.6 is 11.6 Å². The molecule has 1 amide bonds. The Morgan fingerprint density at radius 1 is 1.10 bits per heavy atom. The molecule has 7 heteroatoms. The molecule has 6 nitrogen and oxygen atoms in total. The normalized spacial score (nSPS) is 14.7. The number of aromatic amines is 1. The third kappa shape index (κ3) is 3.19. The molecule has 0 saturated heterocycles. The number of benzene rings is 2. The lowest BCUT2D eigenvalue weighted by Crippen LogP contribution is -2.32. The minimum absolute atomic E-state index is 0.0877. The lowest BCUT2D eigenvalue weighted by atomic mass is 10.1. The van der Waals surface area contributed by atoms with Crippen LogP contribution in [0.4, 0.5) is 0 Å². The van der Waals surface area contributed by atoms with Crippen LogP contribution in [-0.2, 0) is 0 Å². The van der Waals surface area contributed by atoms with E-state index < -0.39 is 0 Å². The number of carbonyl (C=O) groups is 1. The summed E-state index contributed by atoms with van der Waals surface area (Å²) in [6.07, 6.45) is 5.95. The zero-order valence-corrected chi connectivity index (χ0v) is 16.4. The summed E-state index contributed by atoms with van der Waals surface area (Å²) in [6.45, 7) is 0. The number of fused-ring (bicyclic) bond motifs is 3. The van der Waals surface area contributed by atoms with Crippen LogP contribution in [0.2, 0.25) is 5.02 Å². The number of pyridine rings is 1. The Morgan fingerprint density at radius 2 is 1.86 bits per heavy atom. The monoisotopic (exact) mass is 406 g/mol. The maximum atomic E-state index is 12.9. The third-order valence-electron chi connectivity index (χ3n) is 5.56. The van der Waals surface area contributed by atoms with Gasteiger partial charge in [0.05, 0.1) is 22.1 Å². The first kappa shape index (κ1) is 17.9. The Kier molecular flexibility index (Phi) is 4.36. The second-order valence-electron chi connectivity index (χ2n) is 7.46. The summed E-state index contributed by atoms with van der Waals surface area (Å²) < 4.78 is 1.47. The van der Waals surface area contributed by atoms with E-state index >= 15 is 0 Å². The van der Waals surface area contributed by atoms with Gasteiger partial charge in [-0.15, -0.1) is 0 Å². The fraction of sp³-hybridized carbons (Fsp3) is 0.227. The minimum Gasteiger partial charge on any atom is -0.349 e. The van der Waals surface area contributed by atoms with Crippen molar-refractivity contribution in [3.63, 3.8) is 0 Å². The number of rotatable bonds is 3. The maximum Gasteiger partial charge on any atom is 0.280 e. The van der Waals surface area contributed by atoms with Crippen LogP contribution in [0.3, 0.4) is 0 Å². The summed E-state index contributed by atoms with van der Waals surface area (Å²) in [6, 6.07) is 12.7. The topological polar surface area (TPSA) is 79.8 Å². The fourth-order valence-corrected chi connectivity index (χ4v) is 4.14. The molecule has 0 unspecified atom stereocenters. The molecule has 0 bridgehead atoms. The molecule has 5 rings (SSSR count). The molecule has 2 heterocycles. The Labute approximate surface area is 171 Å². The van der Waals surface area contributed by atoms with Crippen LogP contribution in [0, 0.1) is 0 Å². The van der Waals surface area contributed by atoms with E-state index in [-0.39, 0.29) is 17.5 Å². The summed E-state index contributed by atoms with van der Waals surface area (Å²) in [7, 11) is 0. The molecular weight excluding hydrogens is 388 g/mol. The highest BCUT2D eigenvalue weighted by Crippen LogP contribution is 2.23. The van der Waals surface area contributed by atoms with E-state index in [0.29, 0.717) is 27.2 Å². The lowest BCUT2D eigenvalue weighted by Gasteiger charge is -2.12. The van der Waals surface area contributed by atoms with E-state index in [1.807, 2.05) is 6.07 Å². The summed E-state index contributed by atoms with van der Waals surface area (Å²) in [5, 5.41) is 8.09. The Balaban J connectivity index is 1.61. The third-order valence-corrected chi connectivity index (χ3v) is 5.81. The summed E-state index contributed by atoms with van der Waals surface area (Å²) in [5.41, 5.74) is 2.43. The summed E-state index contributed by atoms with van der Waals surface area (Å²) in [5.74, 6) is -0.0877. The Morgan fingerprint density at radius 3 is 2.62 bits per heavy atom. The van der Waals surface area contributed by atoms with Crippen molar-refractivity contribution in [2.24, 2.45) is 0 Å². The zero-order chi connectivity index (χ0) is 20.0. The Bertz CT molecular complexity index is 1280. The van der Waals surface area contributed by atoms with Gasteiger partial charge in [0, 0.05) is 28.2 Å². The number of H-pyrrole nitrogens is 1. The number of carbonyl (C=O) groups excluding carboxylic acids is 1. The van der Waals surface area contributed by atoms with E-state index in [0.717, 1.165) is 36.6 Å². The van der Waals surface area contributed by atoms with E-state index in [9.17, 15) is 9.59 Å². The quantitative estimate of drug-likeness (QED) is 0.535. The van der Waals surface area contributed by atoms with Gasteiger partial charge in [0.15, 0.2) is 0 Å². The second-order valence-corrected chi connectivity index (χ2v) is 7.90. The molecule has 1 saturated carbocycles. The van der Waals surface area contributed by atoms with Crippen LogP contribution in [0.1, 0.15) is 36.0 Å². The number of aromatic nitrogens is 3. The fourth-order valence-electron chi connectivity index (χ4n) is 4.01. The molecule has 1 aliphatic carbocycles. The molecule has 1 fully saturated rings. The van der Waals surface area contributed by atoms with E-state index in [1.165, 1.54) is 4.68 Å². The van der Waals surface area contributed by atoms with Gasteiger partial charge in [-0.05, 0) is 55.3 Å². The first-order chi connectivity index (χ1) is 14.1. The molecular formula is C22H19ClN4O2. The highest BCUT2D eigenvalue weighted by Gasteiger charge is 2.19. The van der Waals surface area contributed by atoms with Gasteiger partial charge in [0.1, 0.15) is 0 Å². The smallest absolute Gasteiger partial charge is 0.280 e. The van der Waals surface area contributed by atoms with Crippen LogP contribution in [0.15, 0.2) is 53.5 Å². The Hall–Kier alpha value is -3.12. The van der Waals surface area contributed by atoms with Crippen molar-refractivity contribution in [3.05, 3.63) is 69.6 Å². The first-order valence-corrected chi connectivity index (χ1v) is 10.1. The van der Waals surface area contributed by atoms with Gasteiger partial charge >= 0.3 is 0 Å². The predicted octanol–water partition coefficient (Wildman–Crippen LogP) is 4.19. The largest absolute Gasteiger partial charge is 0.349 e. The number of hydrogen-bond donors (Lipinski definition) is 2. The number of nitrogens with one attached hydrogen (secondary N) is 2. The molecule has 0 atom stereocenters. The van der Waals surface area contributed by atoms with Crippen LogP contribution in [-0.4, -0.2) is 26.7 Å². The van der Waals surface area contributed by atoms with E-state index in [2.05, 4.69) is 15.4 Å². The standard InChI is InChI=1S/C22H19ClN4O2/c23-14-6-8-16(9-7-14)27-22(29)18-12-24-19-10-5-13(11-17(19)20(18)26-27)21(28)25-15-3-1-2-4-15/h5-12,15,26H,1-4H2,(H,25,28). The van der Waals surface area contributed by atoms with Gasteiger partial charge in [0.25, 0.3) is 11.5 Å². The maximum absolute atomic E-state index is 12.9. The lowest BCUT2D eigenvalue weighted by molar-refractivity contribution is 0.0938. The average molecular weight is 407 g/mol. The molecule has 0 radical (unpaired) electrons. The molecule has 1 aliphatic rings. The molecule has 2 aromatic heterocycles. The molecule has 2 N–H and O–H groups in total. The molecule has 0 spiro atoms. The van der Waals surface area contributed by atoms with Gasteiger partial charge in [-0.1, -0.05) is 24.4 Å². The van der Waals surface area contributed by atoms with E-state index in [1.54, 1.807) is 42.6 Å². The molecule has 4 aromatic rings. The molecule has 146 valence electrons. The predicted molar refractivity (Wildman–Crippen MR) is 114 cm³/mol. The zero-order valence-electron chi connectivity index (χ0n) is 15.6. The van der Waals surface area contributed by atoms with Gasteiger partial charge in [0.2, 0.25) is 0 Å². The van der Waals surface area contributed by atoms with Crippen molar-refractivity contribution in [2.75, 3.05) is 0 Å². The van der Waals surface area contributed by atoms with Crippen molar-refractivity contribution in [2.45, 2.75) is 31.7 Å². The molecule has 0 aliphatic heterocycles. The van der Waals surface area contributed by atoms with Crippen molar-refractivity contribution in [3.8, 4) is 5.69 Å². The van der Waals surface area contributed by atoms with Crippen molar-refractivity contribution in [1.82, 2.24) is 20.1 Å². The van der Waals surface area contributed by atoms with Crippen LogP contribution in [0.5, 0.6) is 0 Å². The number of hydrogen-bond acceptors (Lipinski definition) is 3. The van der Waals surface area contributed by atoms with Crippen molar-refractivity contribution >= 4 is 39.3 Å². The van der Waals surface area contributed by atoms with E-state index in [4.69, 9.17) is 11.6 Å². The number of amides is 1. The van der Waals surface area contributed by atoms with Gasteiger partial charge in [-0.25, -0.2) is 4.68 Å².